The van der Waals surface area contributed by atoms with E-state index < -0.39 is 54.7 Å². The van der Waals surface area contributed by atoms with Gasteiger partial charge in [-0.15, -0.1) is 0 Å². The van der Waals surface area contributed by atoms with E-state index in [2.05, 4.69) is 5.32 Å². The summed E-state index contributed by atoms with van der Waals surface area (Å²) in [6, 6.07) is 4.43. The fourth-order valence-corrected chi connectivity index (χ4v) is 3.18. The Labute approximate surface area is 177 Å². The number of amides is 3. The summed E-state index contributed by atoms with van der Waals surface area (Å²) in [7, 11) is 0. The molecule has 1 aliphatic heterocycles. The number of amidine groups is 1. The van der Waals surface area contributed by atoms with E-state index in [1.807, 2.05) is 0 Å². The van der Waals surface area contributed by atoms with Crippen LogP contribution in [0.3, 0.4) is 0 Å². The van der Waals surface area contributed by atoms with Crippen LogP contribution >= 0.6 is 0 Å². The monoisotopic (exact) mass is 433 g/mol. The highest BCUT2D eigenvalue weighted by atomic mass is 16.4. The van der Waals surface area contributed by atoms with Crippen LogP contribution in [-0.2, 0) is 19.2 Å². The minimum atomic E-state index is -1.38. The Balaban J connectivity index is 2.09. The van der Waals surface area contributed by atoms with Crippen molar-refractivity contribution in [1.29, 1.82) is 5.41 Å². The van der Waals surface area contributed by atoms with Gasteiger partial charge in [0.05, 0.1) is 12.5 Å². The SMILES string of the molecule is CC(C(=O)O)[C@H]1C(=O)N(CC(=O)O)CCN1C(=O)CNC(=O)c1ccc(C(=N)N)cc1. The van der Waals surface area contributed by atoms with Crippen LogP contribution in [0.15, 0.2) is 24.3 Å². The first-order chi connectivity index (χ1) is 14.5. The second-order valence-corrected chi connectivity index (χ2v) is 6.99. The number of carboxylic acid groups (broad SMARTS) is 2. The maximum atomic E-state index is 12.7. The molecule has 3 amide bonds. The summed E-state index contributed by atoms with van der Waals surface area (Å²) in [6.07, 6.45) is 0. The van der Waals surface area contributed by atoms with Gasteiger partial charge in [-0.3, -0.25) is 29.4 Å². The zero-order valence-corrected chi connectivity index (χ0v) is 16.7. The lowest BCUT2D eigenvalue weighted by Crippen LogP contribution is -2.63. The molecule has 2 rings (SSSR count). The standard InChI is InChI=1S/C19H23N5O7/c1-10(19(30)31)15-18(29)23(9-14(26)27)6-7-24(15)13(25)8-22-17(28)12-4-2-11(3-5-12)16(20)21/h2-5,10,15H,6-9H2,1H3,(H3,20,21)(H,22,28)(H,26,27)(H,30,31)/t10?,15-/m0/s1. The Hall–Kier alpha value is -3.96. The van der Waals surface area contributed by atoms with Gasteiger partial charge in [0, 0.05) is 24.2 Å². The number of aliphatic carboxylic acids is 2. The number of piperazine rings is 1. The molecule has 1 saturated heterocycles. The molecule has 1 aromatic rings. The molecule has 0 bridgehead atoms. The number of carbonyl (C=O) groups is 5. The Kier molecular flexibility index (Phi) is 7.29. The van der Waals surface area contributed by atoms with Gasteiger partial charge in [0.25, 0.3) is 5.91 Å². The Morgan fingerprint density at radius 2 is 1.74 bits per heavy atom. The quantitative estimate of drug-likeness (QED) is 0.242. The number of benzene rings is 1. The lowest BCUT2D eigenvalue weighted by Gasteiger charge is -2.41. The maximum absolute atomic E-state index is 12.7. The van der Waals surface area contributed by atoms with Crippen molar-refractivity contribution in [2.24, 2.45) is 11.7 Å². The van der Waals surface area contributed by atoms with Crippen molar-refractivity contribution in [2.45, 2.75) is 13.0 Å². The van der Waals surface area contributed by atoms with Gasteiger partial charge >= 0.3 is 11.9 Å². The molecule has 0 spiro atoms. The summed E-state index contributed by atoms with van der Waals surface area (Å²) in [6.45, 7) is 0.0349. The van der Waals surface area contributed by atoms with Crippen LogP contribution in [0.25, 0.3) is 0 Å². The number of hydrogen-bond acceptors (Lipinski definition) is 6. The summed E-state index contributed by atoms with van der Waals surface area (Å²) in [5.41, 5.74) is 6.00. The minimum absolute atomic E-state index is 0.0662. The van der Waals surface area contributed by atoms with Gasteiger partial charge in [0.15, 0.2) is 0 Å². The lowest BCUT2D eigenvalue weighted by atomic mass is 9.96. The third-order valence-electron chi connectivity index (χ3n) is 4.88. The third kappa shape index (κ3) is 5.56. The lowest BCUT2D eigenvalue weighted by molar-refractivity contribution is -0.161. The van der Waals surface area contributed by atoms with Crippen molar-refractivity contribution in [3.63, 3.8) is 0 Å². The molecule has 12 nitrogen and oxygen atoms in total. The van der Waals surface area contributed by atoms with Crippen LogP contribution in [0, 0.1) is 11.3 Å². The number of nitrogens with zero attached hydrogens (tertiary/aromatic N) is 2. The van der Waals surface area contributed by atoms with Crippen molar-refractivity contribution in [3.05, 3.63) is 35.4 Å². The molecular weight excluding hydrogens is 410 g/mol. The van der Waals surface area contributed by atoms with Crippen LogP contribution in [0.1, 0.15) is 22.8 Å². The second kappa shape index (κ2) is 9.69. The van der Waals surface area contributed by atoms with E-state index in [-0.39, 0.29) is 24.5 Å². The second-order valence-electron chi connectivity index (χ2n) is 6.99. The number of rotatable bonds is 8. The molecule has 0 saturated carbocycles. The Morgan fingerprint density at radius 3 is 2.26 bits per heavy atom. The Bertz CT molecular complexity index is 915. The van der Waals surface area contributed by atoms with Crippen molar-refractivity contribution >= 4 is 35.5 Å². The van der Waals surface area contributed by atoms with E-state index in [1.54, 1.807) is 0 Å². The molecule has 0 aromatic heterocycles. The first kappa shape index (κ1) is 23.3. The topological polar surface area (TPSA) is 194 Å². The van der Waals surface area contributed by atoms with Crippen LogP contribution in [0.5, 0.6) is 0 Å². The summed E-state index contributed by atoms with van der Waals surface area (Å²) < 4.78 is 0. The van der Waals surface area contributed by atoms with Gasteiger partial charge in [0.2, 0.25) is 11.8 Å². The molecule has 1 aliphatic rings. The Morgan fingerprint density at radius 1 is 1.16 bits per heavy atom. The zero-order valence-electron chi connectivity index (χ0n) is 16.7. The first-order valence-corrected chi connectivity index (χ1v) is 9.28. The molecule has 31 heavy (non-hydrogen) atoms. The summed E-state index contributed by atoms with van der Waals surface area (Å²) in [5.74, 6) is -6.03. The molecule has 1 heterocycles. The number of nitrogens with one attached hydrogen (secondary N) is 2. The summed E-state index contributed by atoms with van der Waals surface area (Å²) in [5, 5.41) is 28.0. The highest BCUT2D eigenvalue weighted by molar-refractivity contribution is 6.00. The molecule has 2 atom stereocenters. The maximum Gasteiger partial charge on any atom is 0.323 e. The van der Waals surface area contributed by atoms with Crippen molar-refractivity contribution in [1.82, 2.24) is 15.1 Å². The van der Waals surface area contributed by atoms with Gasteiger partial charge in [0.1, 0.15) is 18.4 Å². The van der Waals surface area contributed by atoms with Gasteiger partial charge in [-0.1, -0.05) is 12.1 Å². The number of carboxylic acids is 2. The molecule has 0 radical (unpaired) electrons. The van der Waals surface area contributed by atoms with Gasteiger partial charge < -0.3 is 31.1 Å². The largest absolute Gasteiger partial charge is 0.481 e. The van der Waals surface area contributed by atoms with Crippen LogP contribution < -0.4 is 11.1 Å². The fraction of sp³-hybridized carbons (Fsp3) is 0.368. The smallest absolute Gasteiger partial charge is 0.323 e. The van der Waals surface area contributed by atoms with E-state index in [9.17, 15) is 29.1 Å². The average molecular weight is 433 g/mol. The van der Waals surface area contributed by atoms with Gasteiger partial charge in [-0.05, 0) is 19.1 Å². The highest BCUT2D eigenvalue weighted by Gasteiger charge is 2.43. The highest BCUT2D eigenvalue weighted by Crippen LogP contribution is 2.19. The minimum Gasteiger partial charge on any atom is -0.481 e. The molecule has 166 valence electrons. The molecule has 1 fully saturated rings. The van der Waals surface area contributed by atoms with Gasteiger partial charge in [-0.25, -0.2) is 0 Å². The zero-order chi connectivity index (χ0) is 23.3. The number of nitrogen functional groups attached to an aromatic ring is 1. The number of hydrogen-bond donors (Lipinski definition) is 5. The molecule has 1 unspecified atom stereocenters. The van der Waals surface area contributed by atoms with Crippen LogP contribution in [-0.4, -0.2) is 87.7 Å². The van der Waals surface area contributed by atoms with Crippen LogP contribution in [0.4, 0.5) is 0 Å². The van der Waals surface area contributed by atoms with E-state index in [0.29, 0.717) is 5.56 Å². The molecule has 12 heteroatoms. The summed E-state index contributed by atoms with van der Waals surface area (Å²) >= 11 is 0. The predicted octanol–water partition coefficient (Wildman–Crippen LogP) is -1.45. The molecule has 6 N–H and O–H groups in total. The van der Waals surface area contributed by atoms with Crippen molar-refractivity contribution < 1.29 is 34.2 Å². The van der Waals surface area contributed by atoms with Crippen molar-refractivity contribution in [3.8, 4) is 0 Å². The normalized spacial score (nSPS) is 17.1. The number of nitrogens with two attached hydrogens (primary N) is 1. The fourth-order valence-electron chi connectivity index (χ4n) is 3.18. The molecule has 0 aliphatic carbocycles. The third-order valence-corrected chi connectivity index (χ3v) is 4.88. The molecular formula is C19H23N5O7. The van der Waals surface area contributed by atoms with E-state index in [1.165, 1.54) is 31.2 Å². The van der Waals surface area contributed by atoms with Crippen molar-refractivity contribution in [2.75, 3.05) is 26.2 Å². The van der Waals surface area contributed by atoms with Crippen LogP contribution in [0.2, 0.25) is 0 Å². The summed E-state index contributed by atoms with van der Waals surface area (Å²) in [4.78, 5) is 62.1. The van der Waals surface area contributed by atoms with E-state index in [0.717, 1.165) is 9.80 Å². The number of carbonyl (C=O) groups excluding carboxylic acids is 3. The predicted molar refractivity (Wildman–Crippen MR) is 106 cm³/mol. The van der Waals surface area contributed by atoms with Gasteiger partial charge in [-0.2, -0.15) is 0 Å². The first-order valence-electron chi connectivity index (χ1n) is 9.28. The van der Waals surface area contributed by atoms with E-state index in [4.69, 9.17) is 16.2 Å². The average Bonchev–Trinajstić information content (AvgIpc) is 2.72. The van der Waals surface area contributed by atoms with E-state index >= 15 is 0 Å². The molecule has 1 aromatic carbocycles.